The predicted octanol–water partition coefficient (Wildman–Crippen LogP) is 3.22. The molecule has 10 heavy (non-hydrogen) atoms. The zero-order valence-electron chi connectivity index (χ0n) is 6.63. The fraction of sp³-hybridized carbons (Fsp3) is 0.556. The van der Waals surface area contributed by atoms with Crippen molar-refractivity contribution in [2.45, 2.75) is 20.3 Å². The van der Waals surface area contributed by atoms with Crippen LogP contribution in [0.25, 0.3) is 0 Å². The molecule has 0 amide bonds. The highest BCUT2D eigenvalue weighted by atomic mass is 32.2. The van der Waals surface area contributed by atoms with Crippen molar-refractivity contribution in [3.63, 3.8) is 0 Å². The highest BCUT2D eigenvalue weighted by molar-refractivity contribution is 8.03. The van der Waals surface area contributed by atoms with E-state index in [1.165, 1.54) is 17.1 Å². The average molecular weight is 154 g/mol. The number of thioether (sulfide) groups is 1. The van der Waals surface area contributed by atoms with Crippen molar-refractivity contribution >= 4 is 11.8 Å². The highest BCUT2D eigenvalue weighted by Gasteiger charge is 2.01. The molecule has 0 radical (unpaired) electrons. The fourth-order valence-corrected chi connectivity index (χ4v) is 1.70. The Labute approximate surface area is 67.4 Å². The van der Waals surface area contributed by atoms with Crippen LogP contribution in [0.1, 0.15) is 20.3 Å². The van der Waals surface area contributed by atoms with E-state index < -0.39 is 0 Å². The fourth-order valence-electron chi connectivity index (χ4n) is 0.981. The molecule has 0 aromatic heterocycles. The van der Waals surface area contributed by atoms with E-state index in [4.69, 9.17) is 0 Å². The lowest BCUT2D eigenvalue weighted by molar-refractivity contribution is 0.735. The lowest BCUT2D eigenvalue weighted by atomic mass is 10.0. The summed E-state index contributed by atoms with van der Waals surface area (Å²) in [5.74, 6) is 1.94. The molecule has 56 valence electrons. The summed E-state index contributed by atoms with van der Waals surface area (Å²) in [4.78, 5) is 1.45. The molecule has 0 N–H and O–H groups in total. The largest absolute Gasteiger partial charge is 0.127 e. The maximum absolute atomic E-state index is 2.33. The molecule has 0 heterocycles. The Hall–Kier alpha value is -0.170. The van der Waals surface area contributed by atoms with Gasteiger partial charge in [-0.25, -0.2) is 0 Å². The topological polar surface area (TPSA) is 0 Å². The van der Waals surface area contributed by atoms with E-state index >= 15 is 0 Å². The quantitative estimate of drug-likeness (QED) is 0.588. The van der Waals surface area contributed by atoms with Crippen LogP contribution < -0.4 is 0 Å². The molecule has 1 aliphatic carbocycles. The molecule has 0 saturated carbocycles. The van der Waals surface area contributed by atoms with Crippen LogP contribution in [-0.2, 0) is 0 Å². The standard InChI is InChI=1S/C9H14S/c1-3-10-9-6-4-8(2)5-7-9/h4,6-8H,3,5H2,1-2H3. The Morgan fingerprint density at radius 3 is 3.00 bits per heavy atom. The van der Waals surface area contributed by atoms with Crippen molar-refractivity contribution in [2.24, 2.45) is 5.92 Å². The second-order valence-corrected chi connectivity index (χ2v) is 3.95. The molecule has 0 aliphatic heterocycles. The molecule has 1 unspecified atom stereocenters. The van der Waals surface area contributed by atoms with Crippen LogP contribution in [0.15, 0.2) is 23.1 Å². The molecule has 0 saturated heterocycles. The minimum Gasteiger partial charge on any atom is -0.127 e. The van der Waals surface area contributed by atoms with E-state index in [9.17, 15) is 0 Å². The maximum atomic E-state index is 2.33. The van der Waals surface area contributed by atoms with Gasteiger partial charge >= 0.3 is 0 Å². The summed E-state index contributed by atoms with van der Waals surface area (Å²) in [7, 11) is 0. The van der Waals surface area contributed by atoms with Gasteiger partial charge in [0.1, 0.15) is 0 Å². The van der Waals surface area contributed by atoms with Gasteiger partial charge in [-0.3, -0.25) is 0 Å². The van der Waals surface area contributed by atoms with Crippen LogP contribution in [0.5, 0.6) is 0 Å². The Morgan fingerprint density at radius 2 is 2.50 bits per heavy atom. The Balaban J connectivity index is 2.42. The van der Waals surface area contributed by atoms with Gasteiger partial charge in [-0.1, -0.05) is 32.1 Å². The first-order chi connectivity index (χ1) is 4.83. The molecule has 1 heteroatoms. The molecule has 0 aromatic carbocycles. The number of hydrogen-bond acceptors (Lipinski definition) is 1. The molecule has 1 atom stereocenters. The minimum absolute atomic E-state index is 0.751. The zero-order chi connectivity index (χ0) is 7.40. The van der Waals surface area contributed by atoms with Gasteiger partial charge in [0.15, 0.2) is 0 Å². The second-order valence-electron chi connectivity index (χ2n) is 2.61. The van der Waals surface area contributed by atoms with Crippen LogP contribution in [0.3, 0.4) is 0 Å². The highest BCUT2D eigenvalue weighted by Crippen LogP contribution is 2.23. The van der Waals surface area contributed by atoms with Gasteiger partial charge < -0.3 is 0 Å². The molecular weight excluding hydrogens is 140 g/mol. The van der Waals surface area contributed by atoms with Crippen molar-refractivity contribution in [3.05, 3.63) is 23.1 Å². The third kappa shape index (κ3) is 2.22. The Bertz CT molecular complexity index is 156. The van der Waals surface area contributed by atoms with Crippen molar-refractivity contribution in [1.82, 2.24) is 0 Å². The molecule has 0 aromatic rings. The van der Waals surface area contributed by atoms with E-state index in [0.29, 0.717) is 0 Å². The van der Waals surface area contributed by atoms with E-state index in [1.54, 1.807) is 0 Å². The summed E-state index contributed by atoms with van der Waals surface area (Å²) < 4.78 is 0. The average Bonchev–Trinajstić information content (AvgIpc) is 1.95. The number of rotatable bonds is 2. The zero-order valence-corrected chi connectivity index (χ0v) is 7.45. The summed E-state index contributed by atoms with van der Waals surface area (Å²) in [6.07, 6.45) is 8.08. The lowest BCUT2D eigenvalue weighted by Gasteiger charge is -2.09. The molecule has 0 nitrogen and oxygen atoms in total. The van der Waals surface area contributed by atoms with Crippen LogP contribution in [0, 0.1) is 5.92 Å². The van der Waals surface area contributed by atoms with Crippen LogP contribution in [-0.4, -0.2) is 5.75 Å². The van der Waals surface area contributed by atoms with Gasteiger partial charge in [-0.05, 0) is 18.1 Å². The maximum Gasteiger partial charge on any atom is 0.00290 e. The summed E-state index contributed by atoms with van der Waals surface area (Å²) in [6.45, 7) is 4.44. The molecule has 1 aliphatic rings. The molecular formula is C9H14S. The summed E-state index contributed by atoms with van der Waals surface area (Å²) in [5, 5.41) is 0. The van der Waals surface area contributed by atoms with Gasteiger partial charge in [-0.15, -0.1) is 11.8 Å². The summed E-state index contributed by atoms with van der Waals surface area (Å²) >= 11 is 1.93. The van der Waals surface area contributed by atoms with Gasteiger partial charge in [0, 0.05) is 4.91 Å². The number of allylic oxidation sites excluding steroid dienone is 3. The van der Waals surface area contributed by atoms with Gasteiger partial charge in [0.05, 0.1) is 0 Å². The lowest BCUT2D eigenvalue weighted by Crippen LogP contribution is -1.92. The van der Waals surface area contributed by atoms with Crippen molar-refractivity contribution in [3.8, 4) is 0 Å². The normalized spacial score (nSPS) is 24.6. The molecule has 0 spiro atoms. The first kappa shape index (κ1) is 7.93. The summed E-state index contributed by atoms with van der Waals surface area (Å²) in [6, 6.07) is 0. The Morgan fingerprint density at radius 1 is 1.70 bits per heavy atom. The SMILES string of the molecule is CCSC1=CCC(C)C=C1. The molecule has 0 fully saturated rings. The van der Waals surface area contributed by atoms with Crippen molar-refractivity contribution in [1.29, 1.82) is 0 Å². The van der Waals surface area contributed by atoms with Crippen LogP contribution >= 0.6 is 11.8 Å². The summed E-state index contributed by atoms with van der Waals surface area (Å²) in [5.41, 5.74) is 0. The monoisotopic (exact) mass is 154 g/mol. The van der Waals surface area contributed by atoms with E-state index in [2.05, 4.69) is 32.1 Å². The van der Waals surface area contributed by atoms with Gasteiger partial charge in [0.2, 0.25) is 0 Å². The van der Waals surface area contributed by atoms with E-state index in [-0.39, 0.29) is 0 Å². The third-order valence-corrected chi connectivity index (χ3v) is 2.52. The molecule has 1 rings (SSSR count). The predicted molar refractivity (Wildman–Crippen MR) is 49.1 cm³/mol. The van der Waals surface area contributed by atoms with Crippen LogP contribution in [0.2, 0.25) is 0 Å². The van der Waals surface area contributed by atoms with E-state index in [0.717, 1.165) is 5.92 Å². The third-order valence-electron chi connectivity index (χ3n) is 1.59. The molecule has 0 bridgehead atoms. The van der Waals surface area contributed by atoms with E-state index in [1.807, 2.05) is 11.8 Å². The van der Waals surface area contributed by atoms with Crippen molar-refractivity contribution in [2.75, 3.05) is 5.75 Å². The second kappa shape index (κ2) is 3.87. The van der Waals surface area contributed by atoms with Crippen LogP contribution in [0.4, 0.5) is 0 Å². The first-order valence-corrected chi connectivity index (χ1v) is 4.82. The smallest absolute Gasteiger partial charge is 0.00290 e. The first-order valence-electron chi connectivity index (χ1n) is 3.84. The number of hydrogen-bond donors (Lipinski definition) is 0. The van der Waals surface area contributed by atoms with Gasteiger partial charge in [0.25, 0.3) is 0 Å². The van der Waals surface area contributed by atoms with Crippen molar-refractivity contribution < 1.29 is 0 Å². The van der Waals surface area contributed by atoms with Gasteiger partial charge in [-0.2, -0.15) is 0 Å². The Kier molecular flexibility index (Phi) is 3.07. The minimum atomic E-state index is 0.751.